The molecular weight excluding hydrogens is 378 g/mol. The summed E-state index contributed by atoms with van der Waals surface area (Å²) in [7, 11) is 0. The Morgan fingerprint density at radius 3 is 2.53 bits per heavy atom. The van der Waals surface area contributed by atoms with Crippen LogP contribution in [0.4, 0.5) is 0 Å². The zero-order valence-electron chi connectivity index (χ0n) is 17.8. The van der Waals surface area contributed by atoms with E-state index in [0.717, 1.165) is 42.8 Å². The molecule has 0 aliphatic carbocycles. The molecule has 1 aliphatic heterocycles. The number of pyridine rings is 1. The van der Waals surface area contributed by atoms with Gasteiger partial charge in [-0.3, -0.25) is 4.79 Å². The van der Waals surface area contributed by atoms with Crippen molar-refractivity contribution in [2.24, 2.45) is 5.73 Å². The summed E-state index contributed by atoms with van der Waals surface area (Å²) < 4.78 is 5.74. The number of nitrogens with zero attached hydrogens (tertiary/aromatic N) is 3. The number of hydrogen-bond acceptors (Lipinski definition) is 5. The number of benzene rings is 1. The van der Waals surface area contributed by atoms with E-state index in [-0.39, 0.29) is 11.9 Å². The second-order valence-electron chi connectivity index (χ2n) is 7.28. The summed E-state index contributed by atoms with van der Waals surface area (Å²) in [5.74, 6) is 1.52. The highest BCUT2D eigenvalue weighted by molar-refractivity contribution is 5.84. The van der Waals surface area contributed by atoms with E-state index in [9.17, 15) is 4.79 Å². The maximum absolute atomic E-state index is 11.1. The normalized spacial score (nSPS) is 13.6. The highest BCUT2D eigenvalue weighted by atomic mass is 16.5. The first-order valence-electron chi connectivity index (χ1n) is 9.92. The third-order valence-corrected chi connectivity index (χ3v) is 4.77. The van der Waals surface area contributed by atoms with Gasteiger partial charge in [-0.1, -0.05) is 6.07 Å². The molecule has 1 amide bonds. The number of rotatable bonds is 3. The van der Waals surface area contributed by atoms with Crippen molar-refractivity contribution in [2.45, 2.75) is 39.7 Å². The second-order valence-corrected chi connectivity index (χ2v) is 7.28. The molecule has 1 atom stereocenters. The summed E-state index contributed by atoms with van der Waals surface area (Å²) in [6, 6.07) is 9.54. The van der Waals surface area contributed by atoms with Crippen molar-refractivity contribution in [1.82, 2.24) is 14.9 Å². The van der Waals surface area contributed by atoms with Crippen molar-refractivity contribution in [1.29, 1.82) is 5.26 Å². The standard InChI is InChI=1S/C15H14N2O.C7H14N2O.CHN/c1-10-3-6-15(17-8-10)18-12-4-5-14-13(7-12)11(2)9-16-14;1-6(8)7(10)9-4-2-3-5-9;1-2/h3-9,16H,1-2H3;6H,2-5,8H2,1H3;1H. The van der Waals surface area contributed by atoms with Crippen LogP contribution >= 0.6 is 0 Å². The van der Waals surface area contributed by atoms with Crippen LogP contribution < -0.4 is 10.5 Å². The van der Waals surface area contributed by atoms with E-state index in [2.05, 4.69) is 23.5 Å². The minimum atomic E-state index is -0.321. The molecule has 1 unspecified atom stereocenters. The first kappa shape index (κ1) is 22.9. The van der Waals surface area contributed by atoms with Gasteiger partial charge in [-0.2, -0.15) is 0 Å². The average molecular weight is 408 g/mol. The second kappa shape index (κ2) is 11.0. The molecule has 1 aromatic carbocycles. The smallest absolute Gasteiger partial charge is 0.239 e. The first-order valence-corrected chi connectivity index (χ1v) is 9.92. The van der Waals surface area contributed by atoms with Crippen molar-refractivity contribution in [2.75, 3.05) is 13.1 Å². The summed E-state index contributed by atoms with van der Waals surface area (Å²) >= 11 is 0. The number of aromatic amines is 1. The number of H-pyrrole nitrogens is 1. The third kappa shape index (κ3) is 6.06. The molecule has 7 heteroatoms. The summed E-state index contributed by atoms with van der Waals surface area (Å²) in [4.78, 5) is 20.4. The lowest BCUT2D eigenvalue weighted by atomic mass is 10.2. The van der Waals surface area contributed by atoms with Crippen LogP contribution in [0.1, 0.15) is 30.9 Å². The predicted octanol–water partition coefficient (Wildman–Crippen LogP) is 4.07. The van der Waals surface area contributed by atoms with E-state index in [1.54, 1.807) is 13.1 Å². The van der Waals surface area contributed by atoms with Gasteiger partial charge in [-0.15, -0.1) is 0 Å². The van der Waals surface area contributed by atoms with Crippen LogP contribution in [0.2, 0.25) is 0 Å². The molecule has 2 aromatic heterocycles. The third-order valence-electron chi connectivity index (χ3n) is 4.77. The van der Waals surface area contributed by atoms with Crippen molar-refractivity contribution < 1.29 is 9.53 Å². The summed E-state index contributed by atoms with van der Waals surface area (Å²) in [5.41, 5.74) is 8.89. The van der Waals surface area contributed by atoms with Gasteiger partial charge < -0.3 is 20.4 Å². The zero-order valence-corrected chi connectivity index (χ0v) is 17.8. The Morgan fingerprint density at radius 1 is 1.23 bits per heavy atom. The number of likely N-dealkylation sites (tertiary alicyclic amines) is 1. The van der Waals surface area contributed by atoms with E-state index in [1.165, 1.54) is 10.9 Å². The minimum Gasteiger partial charge on any atom is -0.439 e. The van der Waals surface area contributed by atoms with Gasteiger partial charge in [-0.25, -0.2) is 10.2 Å². The van der Waals surface area contributed by atoms with Crippen LogP contribution in [0.15, 0.2) is 42.7 Å². The molecule has 0 spiro atoms. The maximum Gasteiger partial charge on any atom is 0.239 e. The van der Waals surface area contributed by atoms with Gasteiger partial charge in [0.05, 0.1) is 6.04 Å². The molecule has 30 heavy (non-hydrogen) atoms. The number of nitrogens with two attached hydrogens (primary N) is 1. The van der Waals surface area contributed by atoms with Crippen LogP contribution in [0.5, 0.6) is 11.6 Å². The fourth-order valence-electron chi connectivity index (χ4n) is 3.16. The zero-order chi connectivity index (χ0) is 22.1. The number of ether oxygens (including phenoxy) is 1. The number of carbonyl (C=O) groups excluding carboxylic acids is 1. The van der Waals surface area contributed by atoms with E-state index >= 15 is 0 Å². The van der Waals surface area contributed by atoms with E-state index in [0.29, 0.717) is 5.88 Å². The van der Waals surface area contributed by atoms with Crippen LogP contribution in [0.25, 0.3) is 10.9 Å². The number of amides is 1. The fourth-order valence-corrected chi connectivity index (χ4v) is 3.16. The molecule has 0 saturated carbocycles. The summed E-state index contributed by atoms with van der Waals surface area (Å²) in [5, 5.41) is 7.68. The number of carbonyl (C=O) groups is 1. The highest BCUT2D eigenvalue weighted by Crippen LogP contribution is 2.26. The quantitative estimate of drug-likeness (QED) is 0.680. The molecular formula is C23H29N5O2. The van der Waals surface area contributed by atoms with Gasteiger partial charge in [0.2, 0.25) is 11.8 Å². The molecule has 3 aromatic rings. The lowest BCUT2D eigenvalue weighted by molar-refractivity contribution is -0.131. The lowest BCUT2D eigenvalue weighted by Gasteiger charge is -2.16. The Morgan fingerprint density at radius 2 is 1.93 bits per heavy atom. The van der Waals surface area contributed by atoms with Crippen molar-refractivity contribution in [3.8, 4) is 18.2 Å². The molecule has 0 bridgehead atoms. The highest BCUT2D eigenvalue weighted by Gasteiger charge is 2.20. The maximum atomic E-state index is 11.1. The Balaban J connectivity index is 0.000000228. The van der Waals surface area contributed by atoms with Crippen LogP contribution in [-0.4, -0.2) is 39.9 Å². The first-order chi connectivity index (χ1) is 14.4. The van der Waals surface area contributed by atoms with Gasteiger partial charge in [0.15, 0.2) is 0 Å². The lowest BCUT2D eigenvalue weighted by Crippen LogP contribution is -2.40. The van der Waals surface area contributed by atoms with Crippen molar-refractivity contribution in [3.63, 3.8) is 0 Å². The van der Waals surface area contributed by atoms with Crippen molar-refractivity contribution in [3.05, 3.63) is 53.9 Å². The van der Waals surface area contributed by atoms with E-state index in [1.807, 2.05) is 48.4 Å². The van der Waals surface area contributed by atoms with E-state index < -0.39 is 0 Å². The summed E-state index contributed by atoms with van der Waals surface area (Å²) in [6.45, 7) is 11.1. The topological polar surface area (TPSA) is 108 Å². The number of nitriles is 1. The van der Waals surface area contributed by atoms with Gasteiger partial charge in [0, 0.05) is 49.0 Å². The number of aryl methyl sites for hydroxylation is 2. The Hall–Kier alpha value is -3.37. The SMILES string of the molecule is C#N.CC(N)C(=O)N1CCCC1.Cc1ccc(Oc2ccc3[nH]cc(C)c3c2)nc1. The number of nitrogens with one attached hydrogen (secondary N) is 1. The van der Waals surface area contributed by atoms with Gasteiger partial charge in [0.1, 0.15) is 5.75 Å². The monoisotopic (exact) mass is 407 g/mol. The van der Waals surface area contributed by atoms with Crippen LogP contribution in [-0.2, 0) is 4.79 Å². The Kier molecular flexibility index (Phi) is 8.39. The average Bonchev–Trinajstić information content (AvgIpc) is 3.42. The molecule has 4 rings (SSSR count). The largest absolute Gasteiger partial charge is 0.439 e. The molecule has 3 heterocycles. The van der Waals surface area contributed by atoms with Gasteiger partial charge >= 0.3 is 0 Å². The number of fused-ring (bicyclic) bond motifs is 1. The molecule has 1 saturated heterocycles. The molecule has 1 aliphatic rings. The fraction of sp³-hybridized carbons (Fsp3) is 0.348. The molecule has 3 N–H and O–H groups in total. The molecule has 7 nitrogen and oxygen atoms in total. The van der Waals surface area contributed by atoms with E-state index in [4.69, 9.17) is 15.7 Å². The van der Waals surface area contributed by atoms with Gasteiger partial charge in [-0.05, 0) is 62.9 Å². The summed E-state index contributed by atoms with van der Waals surface area (Å²) in [6.07, 6.45) is 6.07. The Labute approximate surface area is 177 Å². The molecule has 1 fully saturated rings. The van der Waals surface area contributed by atoms with Crippen LogP contribution in [0.3, 0.4) is 0 Å². The minimum absolute atomic E-state index is 0.0949. The molecule has 158 valence electrons. The number of hydrogen-bond donors (Lipinski definition) is 2. The van der Waals surface area contributed by atoms with Crippen molar-refractivity contribution >= 4 is 16.8 Å². The number of aromatic nitrogens is 2. The van der Waals surface area contributed by atoms with Gasteiger partial charge in [0.25, 0.3) is 0 Å². The predicted molar refractivity (Wildman–Crippen MR) is 118 cm³/mol. The van der Waals surface area contributed by atoms with Crippen LogP contribution in [0, 0.1) is 25.7 Å². The Bertz CT molecular complexity index is 970. The molecule has 0 radical (unpaired) electrons.